The van der Waals surface area contributed by atoms with Gasteiger partial charge in [-0.3, -0.25) is 4.79 Å². The average molecular weight is 455 g/mol. The minimum absolute atomic E-state index is 0.0110. The number of carbonyl (C=O) groups excluding carboxylic acids is 1. The average Bonchev–Trinajstić information content (AvgIpc) is 2.81. The van der Waals surface area contributed by atoms with Crippen LogP contribution in [0, 0.1) is 5.82 Å². The zero-order valence-electron chi connectivity index (χ0n) is 18.4. The highest BCUT2D eigenvalue weighted by Gasteiger charge is 2.24. The van der Waals surface area contributed by atoms with Crippen molar-refractivity contribution in [1.82, 2.24) is 15.0 Å². The first-order valence-electron chi connectivity index (χ1n) is 10.6. The Labute approximate surface area is 189 Å². The van der Waals surface area contributed by atoms with E-state index in [-0.39, 0.29) is 41.0 Å². The van der Waals surface area contributed by atoms with E-state index >= 15 is 0 Å². The molecule has 0 saturated heterocycles. The Hall–Kier alpha value is -3.73. The van der Waals surface area contributed by atoms with Gasteiger partial charge < -0.3 is 31.6 Å². The van der Waals surface area contributed by atoms with Crippen molar-refractivity contribution in [2.75, 3.05) is 24.9 Å². The van der Waals surface area contributed by atoms with Crippen molar-refractivity contribution in [2.45, 2.75) is 37.8 Å². The molecule has 11 heteroatoms. The molecule has 0 spiro atoms. The third-order valence-electron chi connectivity index (χ3n) is 5.63. The Morgan fingerprint density at radius 3 is 2.39 bits per heavy atom. The molecule has 10 nitrogen and oxygen atoms in total. The van der Waals surface area contributed by atoms with Crippen LogP contribution >= 0.6 is 0 Å². The summed E-state index contributed by atoms with van der Waals surface area (Å²) in [5.74, 6) is -0.862. The number of halogens is 1. The summed E-state index contributed by atoms with van der Waals surface area (Å²) in [6.07, 6.45) is 3.72. The number of fused-ring (bicyclic) bond motifs is 1. The third kappa shape index (κ3) is 4.72. The molecule has 1 fully saturated rings. The fraction of sp³-hybridized carbons (Fsp3) is 0.364. The quantitative estimate of drug-likeness (QED) is 0.421. The molecule has 6 N–H and O–H groups in total. The van der Waals surface area contributed by atoms with Gasteiger partial charge in [0.25, 0.3) is 17.7 Å². The second kappa shape index (κ2) is 9.41. The first kappa shape index (κ1) is 22.5. The Kier molecular flexibility index (Phi) is 6.40. The van der Waals surface area contributed by atoms with Gasteiger partial charge in [0, 0.05) is 17.8 Å². The van der Waals surface area contributed by atoms with Crippen LogP contribution in [-0.4, -0.2) is 47.2 Å². The van der Waals surface area contributed by atoms with E-state index in [1.165, 1.54) is 14.2 Å². The Balaban J connectivity index is 1.68. The van der Waals surface area contributed by atoms with E-state index in [2.05, 4.69) is 25.6 Å². The van der Waals surface area contributed by atoms with Gasteiger partial charge in [0.15, 0.2) is 11.6 Å². The van der Waals surface area contributed by atoms with Crippen LogP contribution in [0.4, 0.5) is 21.7 Å². The molecular weight excluding hydrogens is 429 g/mol. The van der Waals surface area contributed by atoms with E-state index in [0.717, 1.165) is 31.7 Å². The van der Waals surface area contributed by atoms with Gasteiger partial charge in [0.05, 0.1) is 30.8 Å². The number of nitrogens with zero attached hydrogens (tertiary/aromatic N) is 3. The fourth-order valence-electron chi connectivity index (χ4n) is 3.89. The summed E-state index contributed by atoms with van der Waals surface area (Å²) in [5, 5.41) is 6.13. The summed E-state index contributed by atoms with van der Waals surface area (Å²) < 4.78 is 25.1. The van der Waals surface area contributed by atoms with E-state index in [1.54, 1.807) is 18.2 Å². The lowest BCUT2D eigenvalue weighted by molar-refractivity contribution is 0.100. The summed E-state index contributed by atoms with van der Waals surface area (Å²) in [6.45, 7) is 0. The standard InChI is InChI=1S/C22H26FN7O3/c1-32-21-22(33-2)29-17-9-11(7-8-16(17)28-21)26-19-12(18(25)31)10-13(23)20(30-19)27-15-6-4-3-5-14(15)24/h7-10,14-15H,3-6,24H2,1-2H3,(H2,25,31)(H2,26,27,30)/t14-,15+/m0/s1. The first-order valence-corrected chi connectivity index (χ1v) is 10.6. The molecule has 3 aromatic rings. The molecule has 1 saturated carbocycles. The van der Waals surface area contributed by atoms with Gasteiger partial charge in [-0.05, 0) is 37.1 Å². The number of methoxy groups -OCH3 is 2. The highest BCUT2D eigenvalue weighted by atomic mass is 19.1. The minimum atomic E-state index is -0.809. The number of hydrogen-bond acceptors (Lipinski definition) is 9. The number of rotatable bonds is 7. The minimum Gasteiger partial charge on any atom is -0.477 e. The molecular formula is C22H26FN7O3. The Morgan fingerprint density at radius 2 is 1.73 bits per heavy atom. The molecule has 0 unspecified atom stereocenters. The van der Waals surface area contributed by atoms with Crippen molar-refractivity contribution < 1.29 is 18.7 Å². The molecule has 33 heavy (non-hydrogen) atoms. The highest BCUT2D eigenvalue weighted by molar-refractivity contribution is 5.99. The lowest BCUT2D eigenvalue weighted by atomic mass is 9.91. The van der Waals surface area contributed by atoms with Crippen molar-refractivity contribution in [2.24, 2.45) is 11.5 Å². The van der Waals surface area contributed by atoms with Crippen LogP contribution in [0.3, 0.4) is 0 Å². The summed E-state index contributed by atoms with van der Waals surface area (Å²) in [6, 6.07) is 6.01. The van der Waals surface area contributed by atoms with Crippen LogP contribution in [0.15, 0.2) is 24.3 Å². The lowest BCUT2D eigenvalue weighted by Crippen LogP contribution is -2.43. The highest BCUT2D eigenvalue weighted by Crippen LogP contribution is 2.29. The summed E-state index contributed by atoms with van der Waals surface area (Å²) in [4.78, 5) is 25.0. The number of hydrogen-bond donors (Lipinski definition) is 4. The first-order chi connectivity index (χ1) is 15.9. The number of amides is 1. The smallest absolute Gasteiger partial charge is 0.278 e. The van der Waals surface area contributed by atoms with Crippen LogP contribution in [0.25, 0.3) is 11.0 Å². The molecule has 4 rings (SSSR count). The van der Waals surface area contributed by atoms with Gasteiger partial charge in [-0.2, -0.15) is 0 Å². The maximum absolute atomic E-state index is 14.7. The number of nitrogens with one attached hydrogen (secondary N) is 2. The molecule has 0 aliphatic heterocycles. The van der Waals surface area contributed by atoms with Crippen LogP contribution < -0.4 is 31.6 Å². The zero-order chi connectivity index (χ0) is 23.5. The predicted octanol–water partition coefficient (Wildman–Crippen LogP) is 2.71. The predicted molar refractivity (Wildman–Crippen MR) is 122 cm³/mol. The second-order valence-electron chi connectivity index (χ2n) is 7.85. The maximum atomic E-state index is 14.7. The molecule has 1 aromatic carbocycles. The lowest BCUT2D eigenvalue weighted by Gasteiger charge is -2.30. The van der Waals surface area contributed by atoms with Crippen LogP contribution in [0.5, 0.6) is 11.8 Å². The van der Waals surface area contributed by atoms with Gasteiger partial charge in [-0.1, -0.05) is 12.8 Å². The number of aromatic nitrogens is 3. The maximum Gasteiger partial charge on any atom is 0.278 e. The Morgan fingerprint density at radius 1 is 1.03 bits per heavy atom. The fourth-order valence-corrected chi connectivity index (χ4v) is 3.89. The topological polar surface area (TPSA) is 150 Å². The van der Waals surface area contributed by atoms with Crippen molar-refractivity contribution >= 4 is 34.3 Å². The van der Waals surface area contributed by atoms with Crippen molar-refractivity contribution in [3.8, 4) is 11.8 Å². The number of pyridine rings is 1. The van der Waals surface area contributed by atoms with E-state index < -0.39 is 11.7 Å². The van der Waals surface area contributed by atoms with Gasteiger partial charge in [0.1, 0.15) is 5.82 Å². The van der Waals surface area contributed by atoms with E-state index in [9.17, 15) is 9.18 Å². The molecule has 2 atom stereocenters. The van der Waals surface area contributed by atoms with E-state index in [4.69, 9.17) is 20.9 Å². The van der Waals surface area contributed by atoms with Gasteiger partial charge in [-0.25, -0.2) is 19.3 Å². The number of benzene rings is 1. The van der Waals surface area contributed by atoms with E-state index in [1.807, 2.05) is 0 Å². The summed E-state index contributed by atoms with van der Waals surface area (Å²) >= 11 is 0. The van der Waals surface area contributed by atoms with Crippen LogP contribution in [0.2, 0.25) is 0 Å². The number of primary amides is 1. The normalized spacial score (nSPS) is 18.1. The second-order valence-corrected chi connectivity index (χ2v) is 7.85. The van der Waals surface area contributed by atoms with Crippen molar-refractivity contribution in [1.29, 1.82) is 0 Å². The van der Waals surface area contributed by atoms with Crippen LogP contribution in [-0.2, 0) is 0 Å². The number of anilines is 3. The summed E-state index contributed by atoms with van der Waals surface area (Å²) in [5.41, 5.74) is 13.2. The van der Waals surface area contributed by atoms with Crippen molar-refractivity contribution in [3.05, 3.63) is 35.6 Å². The van der Waals surface area contributed by atoms with Gasteiger partial charge >= 0.3 is 0 Å². The molecule has 174 valence electrons. The number of nitrogens with two attached hydrogens (primary N) is 2. The van der Waals surface area contributed by atoms with Crippen LogP contribution in [0.1, 0.15) is 36.0 Å². The molecule has 1 aliphatic carbocycles. The molecule has 2 aromatic heterocycles. The largest absolute Gasteiger partial charge is 0.477 e. The monoisotopic (exact) mass is 455 g/mol. The summed E-state index contributed by atoms with van der Waals surface area (Å²) in [7, 11) is 2.94. The SMILES string of the molecule is COc1nc2ccc(Nc3nc(N[C@@H]4CCCC[C@@H]4N)c(F)cc3C(N)=O)cc2nc1OC. The molecule has 2 heterocycles. The zero-order valence-corrected chi connectivity index (χ0v) is 18.4. The third-order valence-corrected chi connectivity index (χ3v) is 5.63. The Bertz CT molecular complexity index is 1190. The van der Waals surface area contributed by atoms with Crippen molar-refractivity contribution in [3.63, 3.8) is 0 Å². The molecule has 1 amide bonds. The molecule has 0 radical (unpaired) electrons. The number of carbonyl (C=O) groups is 1. The number of ether oxygens (including phenoxy) is 2. The molecule has 1 aliphatic rings. The van der Waals surface area contributed by atoms with Gasteiger partial charge in [-0.15, -0.1) is 0 Å². The molecule has 0 bridgehead atoms. The van der Waals surface area contributed by atoms with Gasteiger partial charge in [0.2, 0.25) is 0 Å². The van der Waals surface area contributed by atoms with E-state index in [0.29, 0.717) is 16.7 Å².